The van der Waals surface area contributed by atoms with Crippen LogP contribution in [-0.4, -0.2) is 40.4 Å². The van der Waals surface area contributed by atoms with Crippen LogP contribution in [-0.2, 0) is 9.53 Å². The fourth-order valence-corrected chi connectivity index (χ4v) is 2.92. The fraction of sp³-hybridized carbons (Fsp3) is 0.867. The van der Waals surface area contributed by atoms with Crippen molar-refractivity contribution >= 4 is 12.1 Å². The molecular formula is C15H28N2O4. The van der Waals surface area contributed by atoms with Crippen molar-refractivity contribution in [2.24, 2.45) is 5.41 Å². The smallest absolute Gasteiger partial charge is 0.419 e. The molecule has 0 saturated heterocycles. The number of hydrazine groups is 1. The molecule has 1 aliphatic rings. The van der Waals surface area contributed by atoms with Crippen LogP contribution in [0.15, 0.2) is 0 Å². The topological polar surface area (TPSA) is 78.9 Å². The predicted molar refractivity (Wildman–Crippen MR) is 79.7 cm³/mol. The molecule has 2 N–H and O–H groups in total. The first-order chi connectivity index (χ1) is 9.60. The molecule has 1 fully saturated rings. The van der Waals surface area contributed by atoms with Gasteiger partial charge in [-0.15, -0.1) is 0 Å². The summed E-state index contributed by atoms with van der Waals surface area (Å²) in [5.41, 5.74) is 1.76. The number of esters is 1. The second-order valence-electron chi connectivity index (χ2n) is 6.97. The highest BCUT2D eigenvalue weighted by atomic mass is 16.5. The molecule has 0 atom stereocenters. The molecule has 1 aliphatic carbocycles. The number of nitrogens with one attached hydrogen (secondary N) is 1. The second kappa shape index (κ2) is 6.64. The number of carboxylic acid groups (broad SMARTS) is 1. The summed E-state index contributed by atoms with van der Waals surface area (Å²) in [7, 11) is 0. The maximum atomic E-state index is 12.0. The Morgan fingerprint density at radius 3 is 2.24 bits per heavy atom. The van der Waals surface area contributed by atoms with Crippen molar-refractivity contribution in [1.82, 2.24) is 10.4 Å². The first-order valence-corrected chi connectivity index (χ1v) is 7.56. The van der Waals surface area contributed by atoms with Gasteiger partial charge in [0.15, 0.2) is 0 Å². The molecule has 0 aliphatic heterocycles. The zero-order chi connectivity index (χ0) is 16.3. The Morgan fingerprint density at radius 1 is 1.33 bits per heavy atom. The summed E-state index contributed by atoms with van der Waals surface area (Å²) < 4.78 is 5.15. The minimum atomic E-state index is -1.05. The van der Waals surface area contributed by atoms with E-state index in [-0.39, 0.29) is 17.6 Å². The van der Waals surface area contributed by atoms with Crippen LogP contribution in [0.5, 0.6) is 0 Å². The van der Waals surface area contributed by atoms with Crippen molar-refractivity contribution in [3.05, 3.63) is 0 Å². The summed E-state index contributed by atoms with van der Waals surface area (Å²) >= 11 is 0. The SMILES string of the molecule is CCOC(=O)C1(C)CCC(N(NC(=O)O)C(C)(C)C)CC1. The molecule has 6 heteroatoms. The van der Waals surface area contributed by atoms with Gasteiger partial charge in [-0.2, -0.15) is 0 Å². The molecule has 0 aromatic heterocycles. The van der Waals surface area contributed by atoms with Gasteiger partial charge < -0.3 is 9.84 Å². The van der Waals surface area contributed by atoms with E-state index in [0.29, 0.717) is 19.4 Å². The molecule has 0 unspecified atom stereocenters. The molecule has 1 rings (SSSR count). The van der Waals surface area contributed by atoms with Crippen molar-refractivity contribution in [1.29, 1.82) is 0 Å². The normalized spacial score (nSPS) is 26.5. The Labute approximate surface area is 126 Å². The lowest BCUT2D eigenvalue weighted by molar-refractivity contribution is -0.157. The quantitative estimate of drug-likeness (QED) is 0.616. The van der Waals surface area contributed by atoms with E-state index >= 15 is 0 Å². The number of hydrogen-bond donors (Lipinski definition) is 2. The molecule has 1 saturated carbocycles. The first-order valence-electron chi connectivity index (χ1n) is 7.56. The van der Waals surface area contributed by atoms with E-state index in [1.54, 1.807) is 5.01 Å². The summed E-state index contributed by atoms with van der Waals surface area (Å²) in [5.74, 6) is -0.142. The molecule has 122 valence electrons. The summed E-state index contributed by atoms with van der Waals surface area (Å²) in [6, 6.07) is 0.101. The highest BCUT2D eigenvalue weighted by Crippen LogP contribution is 2.39. The van der Waals surface area contributed by atoms with Crippen LogP contribution in [0, 0.1) is 5.41 Å². The van der Waals surface area contributed by atoms with Crippen LogP contribution < -0.4 is 5.43 Å². The number of hydrogen-bond acceptors (Lipinski definition) is 4. The van der Waals surface area contributed by atoms with Crippen LogP contribution in [0.4, 0.5) is 4.79 Å². The minimum Gasteiger partial charge on any atom is -0.466 e. The number of amides is 1. The molecule has 1 amide bonds. The molecule has 0 heterocycles. The van der Waals surface area contributed by atoms with E-state index in [1.807, 2.05) is 34.6 Å². The second-order valence-corrected chi connectivity index (χ2v) is 6.97. The zero-order valence-corrected chi connectivity index (χ0v) is 13.7. The predicted octanol–water partition coefficient (Wildman–Crippen LogP) is 2.78. The van der Waals surface area contributed by atoms with E-state index in [9.17, 15) is 9.59 Å². The maximum absolute atomic E-state index is 12.0. The molecular weight excluding hydrogens is 272 g/mol. The monoisotopic (exact) mass is 300 g/mol. The van der Waals surface area contributed by atoms with E-state index in [2.05, 4.69) is 5.43 Å². The molecule has 0 aromatic rings. The third-order valence-electron chi connectivity index (χ3n) is 4.13. The van der Waals surface area contributed by atoms with Crippen LogP contribution in [0.1, 0.15) is 60.3 Å². The minimum absolute atomic E-state index is 0.101. The Morgan fingerprint density at radius 2 is 1.86 bits per heavy atom. The van der Waals surface area contributed by atoms with Gasteiger partial charge in [-0.3, -0.25) is 10.2 Å². The molecule has 0 bridgehead atoms. The molecule has 0 aromatic carbocycles. The van der Waals surface area contributed by atoms with E-state index < -0.39 is 11.5 Å². The van der Waals surface area contributed by atoms with Gasteiger partial charge in [0.1, 0.15) is 0 Å². The lowest BCUT2D eigenvalue weighted by Gasteiger charge is -2.45. The van der Waals surface area contributed by atoms with Gasteiger partial charge in [0.2, 0.25) is 0 Å². The highest BCUT2D eigenvalue weighted by Gasteiger charge is 2.42. The Balaban J connectivity index is 2.73. The van der Waals surface area contributed by atoms with E-state index in [1.165, 1.54) is 0 Å². The van der Waals surface area contributed by atoms with Gasteiger partial charge >= 0.3 is 12.1 Å². The van der Waals surface area contributed by atoms with Crippen LogP contribution in [0.25, 0.3) is 0 Å². The lowest BCUT2D eigenvalue weighted by Crippen LogP contribution is -2.58. The van der Waals surface area contributed by atoms with Gasteiger partial charge in [0.25, 0.3) is 0 Å². The van der Waals surface area contributed by atoms with Crippen molar-refractivity contribution in [2.75, 3.05) is 6.61 Å². The summed E-state index contributed by atoms with van der Waals surface area (Å²) in [5, 5.41) is 10.8. The molecule has 6 nitrogen and oxygen atoms in total. The van der Waals surface area contributed by atoms with Crippen LogP contribution in [0.2, 0.25) is 0 Å². The number of ether oxygens (including phenoxy) is 1. The Hall–Kier alpha value is -1.30. The number of nitrogens with zero attached hydrogens (tertiary/aromatic N) is 1. The van der Waals surface area contributed by atoms with Crippen molar-refractivity contribution in [3.63, 3.8) is 0 Å². The van der Waals surface area contributed by atoms with Crippen LogP contribution in [0.3, 0.4) is 0 Å². The fourth-order valence-electron chi connectivity index (χ4n) is 2.92. The van der Waals surface area contributed by atoms with Gasteiger partial charge in [0.05, 0.1) is 12.0 Å². The van der Waals surface area contributed by atoms with E-state index in [4.69, 9.17) is 9.84 Å². The third kappa shape index (κ3) is 4.59. The largest absolute Gasteiger partial charge is 0.466 e. The third-order valence-corrected chi connectivity index (χ3v) is 4.13. The summed E-state index contributed by atoms with van der Waals surface area (Å²) in [6.07, 6.45) is 1.91. The number of rotatable bonds is 4. The van der Waals surface area contributed by atoms with E-state index in [0.717, 1.165) is 12.8 Å². The van der Waals surface area contributed by atoms with Gasteiger partial charge in [-0.05, 0) is 60.3 Å². The maximum Gasteiger partial charge on any atom is 0.419 e. The first kappa shape index (κ1) is 17.8. The van der Waals surface area contributed by atoms with Crippen molar-refractivity contribution < 1.29 is 19.4 Å². The average molecular weight is 300 g/mol. The zero-order valence-electron chi connectivity index (χ0n) is 13.7. The van der Waals surface area contributed by atoms with Crippen molar-refractivity contribution in [2.45, 2.75) is 71.9 Å². The Bertz CT molecular complexity index is 382. The van der Waals surface area contributed by atoms with Gasteiger partial charge in [-0.1, -0.05) is 0 Å². The summed E-state index contributed by atoms with van der Waals surface area (Å²) in [6.45, 7) is 10.1. The van der Waals surface area contributed by atoms with Gasteiger partial charge in [0, 0.05) is 11.6 Å². The highest BCUT2D eigenvalue weighted by molar-refractivity contribution is 5.76. The number of carbonyl (C=O) groups excluding carboxylic acids is 1. The molecule has 0 radical (unpaired) electrons. The molecule has 21 heavy (non-hydrogen) atoms. The van der Waals surface area contributed by atoms with Gasteiger partial charge in [-0.25, -0.2) is 9.80 Å². The number of carbonyl (C=O) groups is 2. The Kier molecular flexibility index (Phi) is 5.61. The van der Waals surface area contributed by atoms with Crippen LogP contribution >= 0.6 is 0 Å². The standard InChI is InChI=1S/C15H28N2O4/c1-6-21-12(18)15(5)9-7-11(8-10-15)17(14(2,3)4)16-13(19)20/h11,16H,6-10H2,1-5H3,(H,19,20). The lowest BCUT2D eigenvalue weighted by atomic mass is 9.73. The average Bonchev–Trinajstić information content (AvgIpc) is 2.36. The summed E-state index contributed by atoms with van der Waals surface area (Å²) in [4.78, 5) is 23.0. The van der Waals surface area contributed by atoms with Crippen molar-refractivity contribution in [3.8, 4) is 0 Å². The molecule has 0 spiro atoms.